The van der Waals surface area contributed by atoms with E-state index in [1.54, 1.807) is 18.5 Å². The molecule has 2 aliphatic rings. The summed E-state index contributed by atoms with van der Waals surface area (Å²) in [6, 6.07) is 9.11. The van der Waals surface area contributed by atoms with Crippen LogP contribution in [-0.2, 0) is 10.3 Å². The molecule has 0 bridgehead atoms. The molecule has 2 saturated carbocycles. The maximum atomic E-state index is 12.3. The number of imidazole rings is 1. The lowest BCUT2D eigenvalue weighted by molar-refractivity contribution is 0.0278. The number of benzene rings is 1. The number of esters is 1. The van der Waals surface area contributed by atoms with Crippen LogP contribution in [0.2, 0.25) is 5.15 Å². The van der Waals surface area contributed by atoms with Crippen LogP contribution in [0.1, 0.15) is 29.6 Å². The highest BCUT2D eigenvalue weighted by molar-refractivity contribution is 6.33. The van der Waals surface area contributed by atoms with Crippen molar-refractivity contribution in [3.8, 4) is 0 Å². The molecule has 0 radical (unpaired) electrons. The molecule has 3 atom stereocenters. The smallest absolute Gasteiger partial charge is 0.338 e. The molecular formula is C18H15ClN4O2. The minimum atomic E-state index is -0.261. The van der Waals surface area contributed by atoms with Gasteiger partial charge < -0.3 is 9.30 Å². The zero-order valence-electron chi connectivity index (χ0n) is 13.3. The predicted octanol–water partition coefficient (Wildman–Crippen LogP) is 3.21. The van der Waals surface area contributed by atoms with Crippen molar-refractivity contribution < 1.29 is 9.53 Å². The zero-order valence-corrected chi connectivity index (χ0v) is 14.1. The van der Waals surface area contributed by atoms with Gasteiger partial charge in [-0.05, 0) is 30.9 Å². The topological polar surface area (TPSA) is 69.9 Å². The summed E-state index contributed by atoms with van der Waals surface area (Å²) in [4.78, 5) is 25.0. The van der Waals surface area contributed by atoms with Crippen LogP contribution in [0, 0.1) is 5.92 Å². The Balaban J connectivity index is 1.38. The van der Waals surface area contributed by atoms with Gasteiger partial charge in [-0.15, -0.1) is 0 Å². The molecular weight excluding hydrogens is 340 g/mol. The minimum Gasteiger partial charge on any atom is -0.459 e. The average molecular weight is 355 g/mol. The third-order valence-corrected chi connectivity index (χ3v) is 5.66. The number of carbonyl (C=O) groups is 1. The second-order valence-electron chi connectivity index (χ2n) is 6.79. The van der Waals surface area contributed by atoms with Crippen LogP contribution in [0.25, 0.3) is 11.2 Å². The van der Waals surface area contributed by atoms with Crippen molar-refractivity contribution in [2.45, 2.75) is 30.9 Å². The van der Waals surface area contributed by atoms with E-state index in [-0.39, 0.29) is 17.6 Å². The molecule has 1 aromatic carbocycles. The fourth-order valence-electron chi connectivity index (χ4n) is 4.12. The quantitative estimate of drug-likeness (QED) is 0.533. The first-order valence-corrected chi connectivity index (χ1v) is 8.65. The van der Waals surface area contributed by atoms with Crippen molar-refractivity contribution >= 4 is 28.7 Å². The van der Waals surface area contributed by atoms with Crippen LogP contribution in [0.5, 0.6) is 0 Å². The van der Waals surface area contributed by atoms with Gasteiger partial charge in [-0.1, -0.05) is 29.8 Å². The number of rotatable bonds is 3. The Bertz CT molecular complexity index is 974. The first kappa shape index (κ1) is 14.8. The molecule has 2 aliphatic carbocycles. The maximum absolute atomic E-state index is 12.3. The maximum Gasteiger partial charge on any atom is 0.338 e. The molecule has 0 unspecified atom stereocenters. The predicted molar refractivity (Wildman–Crippen MR) is 91.3 cm³/mol. The van der Waals surface area contributed by atoms with E-state index in [0.29, 0.717) is 22.2 Å². The molecule has 2 aromatic heterocycles. The molecule has 0 aliphatic heterocycles. The molecule has 126 valence electrons. The van der Waals surface area contributed by atoms with E-state index in [2.05, 4.69) is 19.5 Å². The largest absolute Gasteiger partial charge is 0.459 e. The lowest BCUT2D eigenvalue weighted by Gasteiger charge is -2.19. The summed E-state index contributed by atoms with van der Waals surface area (Å²) in [5, 5.41) is 0.363. The van der Waals surface area contributed by atoms with Crippen LogP contribution in [0.3, 0.4) is 0 Å². The highest BCUT2D eigenvalue weighted by atomic mass is 35.5. The molecule has 3 aromatic rings. The van der Waals surface area contributed by atoms with Crippen LogP contribution < -0.4 is 0 Å². The number of hydrogen-bond donors (Lipinski definition) is 0. The van der Waals surface area contributed by atoms with E-state index in [1.807, 2.05) is 18.2 Å². The lowest BCUT2D eigenvalue weighted by Crippen LogP contribution is -2.22. The normalized spacial score (nSPS) is 27.2. The summed E-state index contributed by atoms with van der Waals surface area (Å²) in [6.45, 7) is 0. The number of halogens is 1. The lowest BCUT2D eigenvalue weighted by atomic mass is 10.1. The number of fused-ring (bicyclic) bond motifs is 2. The van der Waals surface area contributed by atoms with Crippen molar-refractivity contribution in [2.24, 2.45) is 5.92 Å². The van der Waals surface area contributed by atoms with Crippen LogP contribution in [0.4, 0.5) is 0 Å². The molecule has 0 amide bonds. The van der Waals surface area contributed by atoms with Crippen molar-refractivity contribution in [3.05, 3.63) is 53.7 Å². The Morgan fingerprint density at radius 3 is 2.88 bits per heavy atom. The molecule has 6 nitrogen and oxygen atoms in total. The van der Waals surface area contributed by atoms with E-state index in [9.17, 15) is 4.79 Å². The molecule has 0 N–H and O–H groups in total. The number of carbonyl (C=O) groups excluding carboxylic acids is 1. The third kappa shape index (κ3) is 2.24. The summed E-state index contributed by atoms with van der Waals surface area (Å²) in [7, 11) is 0. The minimum absolute atomic E-state index is 0.0614. The Hall–Kier alpha value is -2.47. The number of ether oxygens (including phenoxy) is 1. The molecule has 0 spiro atoms. The highest BCUT2D eigenvalue weighted by Gasteiger charge is 2.63. The third-order valence-electron chi connectivity index (χ3n) is 5.38. The molecule has 2 fully saturated rings. The van der Waals surface area contributed by atoms with Crippen LogP contribution in [0.15, 0.2) is 43.0 Å². The van der Waals surface area contributed by atoms with Crippen molar-refractivity contribution in [1.29, 1.82) is 0 Å². The van der Waals surface area contributed by atoms with Crippen molar-refractivity contribution in [1.82, 2.24) is 19.5 Å². The highest BCUT2D eigenvalue weighted by Crippen LogP contribution is 2.62. The molecule has 25 heavy (non-hydrogen) atoms. The van der Waals surface area contributed by atoms with Gasteiger partial charge in [0, 0.05) is 6.42 Å². The van der Waals surface area contributed by atoms with Crippen molar-refractivity contribution in [3.63, 3.8) is 0 Å². The van der Waals surface area contributed by atoms with Gasteiger partial charge in [-0.3, -0.25) is 0 Å². The Morgan fingerprint density at radius 1 is 1.20 bits per heavy atom. The Morgan fingerprint density at radius 2 is 2.04 bits per heavy atom. The van der Waals surface area contributed by atoms with Gasteiger partial charge in [0.1, 0.15) is 17.9 Å². The molecule has 7 heteroatoms. The van der Waals surface area contributed by atoms with Gasteiger partial charge in [0.05, 0.1) is 17.4 Å². The first-order chi connectivity index (χ1) is 12.2. The number of aromatic nitrogens is 4. The van der Waals surface area contributed by atoms with Gasteiger partial charge in [0.25, 0.3) is 0 Å². The second-order valence-corrected chi connectivity index (χ2v) is 7.15. The molecule has 0 saturated heterocycles. The summed E-state index contributed by atoms with van der Waals surface area (Å²) >= 11 is 6.11. The fourth-order valence-corrected chi connectivity index (χ4v) is 4.30. The van der Waals surface area contributed by atoms with E-state index in [1.165, 1.54) is 6.33 Å². The van der Waals surface area contributed by atoms with Crippen molar-refractivity contribution in [2.75, 3.05) is 0 Å². The summed E-state index contributed by atoms with van der Waals surface area (Å²) < 4.78 is 7.82. The van der Waals surface area contributed by atoms with E-state index in [4.69, 9.17) is 16.3 Å². The van der Waals surface area contributed by atoms with E-state index >= 15 is 0 Å². The average Bonchev–Trinajstić information content (AvgIpc) is 2.98. The van der Waals surface area contributed by atoms with Gasteiger partial charge in [-0.2, -0.15) is 0 Å². The van der Waals surface area contributed by atoms with Gasteiger partial charge in [0.2, 0.25) is 0 Å². The van der Waals surface area contributed by atoms with E-state index in [0.717, 1.165) is 24.9 Å². The van der Waals surface area contributed by atoms with Gasteiger partial charge >= 0.3 is 5.97 Å². The summed E-state index contributed by atoms with van der Waals surface area (Å²) in [5.41, 5.74) is 1.89. The first-order valence-electron chi connectivity index (χ1n) is 8.27. The monoisotopic (exact) mass is 354 g/mol. The SMILES string of the molecule is O=C(O[C@H]1C[C@@H]2C[C@]2(n2cnc3c(Cl)ncnc32)C1)c1ccccc1. The zero-order chi connectivity index (χ0) is 17.0. The summed E-state index contributed by atoms with van der Waals surface area (Å²) in [5.74, 6) is 0.218. The summed E-state index contributed by atoms with van der Waals surface area (Å²) in [6.07, 6.45) is 5.87. The Kier molecular flexibility index (Phi) is 3.12. The van der Waals surface area contributed by atoms with Gasteiger partial charge in [-0.25, -0.2) is 19.7 Å². The van der Waals surface area contributed by atoms with Crippen LogP contribution >= 0.6 is 11.6 Å². The standard InChI is InChI=1S/C18H15ClN4O2/c19-15-14-16(21-9-20-15)23(10-22-14)18-7-12(18)6-13(8-18)25-17(24)11-4-2-1-3-5-11/h1-5,9-10,12-13H,6-8H2/t12-,13+,18+/m1/s1. The number of hydrogen-bond acceptors (Lipinski definition) is 5. The molecule has 2 heterocycles. The Labute approximate surface area is 148 Å². The second kappa shape index (κ2) is 5.26. The van der Waals surface area contributed by atoms with E-state index < -0.39 is 0 Å². The fraction of sp³-hybridized carbons (Fsp3) is 0.333. The van der Waals surface area contributed by atoms with Gasteiger partial charge in [0.15, 0.2) is 10.8 Å². The van der Waals surface area contributed by atoms with Crippen LogP contribution in [-0.4, -0.2) is 31.6 Å². The molecule has 5 rings (SSSR count). The number of nitrogens with zero attached hydrogens (tertiary/aromatic N) is 4.